The molecule has 33 heavy (non-hydrogen) atoms. The van der Waals surface area contributed by atoms with Crippen LogP contribution in [-0.2, 0) is 4.79 Å². The molecule has 5 nitrogen and oxygen atoms in total. The molecule has 5 rings (SSSR count). The van der Waals surface area contributed by atoms with Crippen LogP contribution in [-0.4, -0.2) is 22.2 Å². The largest absolute Gasteiger partial charge is 0.435 e. The second-order valence-electron chi connectivity index (χ2n) is 9.43. The first-order valence-corrected chi connectivity index (χ1v) is 11.0. The Bertz CT molecular complexity index is 1240. The molecule has 0 unspecified atom stereocenters. The summed E-state index contributed by atoms with van der Waals surface area (Å²) in [5, 5.41) is 8.35. The van der Waals surface area contributed by atoms with Crippen LogP contribution in [0.15, 0.2) is 65.9 Å². The Kier molecular flexibility index (Phi) is 5.07. The molecule has 1 N–H and O–H groups in total. The molecule has 2 heterocycles. The highest BCUT2D eigenvalue weighted by atomic mass is 19.3. The van der Waals surface area contributed by atoms with Gasteiger partial charge in [-0.15, -0.1) is 0 Å². The fraction of sp³-hybridized carbons (Fsp3) is 0.308. The number of hydrogen-bond acceptors (Lipinski definition) is 4. The van der Waals surface area contributed by atoms with Crippen molar-refractivity contribution in [2.75, 3.05) is 5.32 Å². The second-order valence-corrected chi connectivity index (χ2v) is 9.43. The summed E-state index contributed by atoms with van der Waals surface area (Å²) in [5.41, 5.74) is 4.97. The van der Waals surface area contributed by atoms with E-state index in [-0.39, 0.29) is 22.9 Å². The molecule has 7 heteroatoms. The molecule has 2 aliphatic rings. The Morgan fingerprint density at radius 2 is 1.79 bits per heavy atom. The van der Waals surface area contributed by atoms with Crippen LogP contribution in [0, 0.1) is 12.3 Å². The number of anilines is 1. The van der Waals surface area contributed by atoms with Crippen LogP contribution in [0.1, 0.15) is 49.4 Å². The third kappa shape index (κ3) is 3.81. The van der Waals surface area contributed by atoms with E-state index < -0.39 is 6.61 Å². The number of hydrogen-bond donors (Lipinski definition) is 1. The van der Waals surface area contributed by atoms with Gasteiger partial charge in [0.25, 0.3) is 0 Å². The molecule has 2 aromatic carbocycles. The number of aryl methyl sites for hydroxylation is 1. The average molecular weight is 450 g/mol. The van der Waals surface area contributed by atoms with Crippen molar-refractivity contribution in [3.63, 3.8) is 0 Å². The number of halogens is 2. The van der Waals surface area contributed by atoms with E-state index >= 15 is 0 Å². The molecule has 1 aliphatic carbocycles. The molecule has 0 fully saturated rings. The van der Waals surface area contributed by atoms with E-state index in [1.807, 2.05) is 41.9 Å². The van der Waals surface area contributed by atoms with Crippen LogP contribution >= 0.6 is 0 Å². The van der Waals surface area contributed by atoms with Crippen molar-refractivity contribution in [2.24, 2.45) is 5.41 Å². The SMILES string of the molecule is Cc1nn(-c2ccccc2)c2c1[C@H](c1ccc(OC(F)F)cc1)C1=C(CC(C)(C)CC1=O)N2. The third-order valence-electron chi connectivity index (χ3n) is 6.31. The lowest BCUT2D eigenvalue weighted by atomic mass is 9.69. The Morgan fingerprint density at radius 3 is 2.45 bits per heavy atom. The number of carbonyl (C=O) groups excluding carboxylic acids is 1. The summed E-state index contributed by atoms with van der Waals surface area (Å²) in [6.45, 7) is 3.24. The maximum absolute atomic E-state index is 13.4. The topological polar surface area (TPSA) is 56.2 Å². The number of fused-ring (bicyclic) bond motifs is 1. The average Bonchev–Trinajstić information content (AvgIpc) is 3.08. The zero-order valence-corrected chi connectivity index (χ0v) is 18.7. The van der Waals surface area contributed by atoms with Gasteiger partial charge in [0.1, 0.15) is 11.6 Å². The number of aromatic nitrogens is 2. The van der Waals surface area contributed by atoms with Gasteiger partial charge >= 0.3 is 6.61 Å². The van der Waals surface area contributed by atoms with Crippen molar-refractivity contribution >= 4 is 11.6 Å². The van der Waals surface area contributed by atoms with Crippen molar-refractivity contribution in [1.82, 2.24) is 9.78 Å². The van der Waals surface area contributed by atoms with Gasteiger partial charge in [0, 0.05) is 29.2 Å². The van der Waals surface area contributed by atoms with Crippen LogP contribution in [0.3, 0.4) is 0 Å². The van der Waals surface area contributed by atoms with Gasteiger partial charge in [-0.25, -0.2) is 4.68 Å². The van der Waals surface area contributed by atoms with Crippen molar-refractivity contribution in [3.05, 3.63) is 82.7 Å². The highest BCUT2D eigenvalue weighted by Crippen LogP contribution is 2.50. The summed E-state index contributed by atoms with van der Waals surface area (Å²) in [5.74, 6) is 0.688. The van der Waals surface area contributed by atoms with E-state index in [1.165, 1.54) is 12.1 Å². The molecule has 1 atom stereocenters. The second kappa shape index (κ2) is 7.83. The number of benzene rings is 2. The number of ketones is 1. The molecule has 0 saturated carbocycles. The summed E-state index contributed by atoms with van der Waals surface area (Å²) in [6, 6.07) is 16.4. The Balaban J connectivity index is 1.69. The van der Waals surface area contributed by atoms with Crippen LogP contribution in [0.5, 0.6) is 5.75 Å². The molecule has 0 spiro atoms. The molecule has 1 aromatic heterocycles. The van der Waals surface area contributed by atoms with Gasteiger partial charge in [-0.05, 0) is 48.6 Å². The summed E-state index contributed by atoms with van der Waals surface area (Å²) < 4.78 is 31.7. The number of para-hydroxylation sites is 1. The molecular weight excluding hydrogens is 424 g/mol. The Labute approximate surface area is 191 Å². The van der Waals surface area contributed by atoms with Gasteiger partial charge in [-0.3, -0.25) is 4.79 Å². The minimum atomic E-state index is -2.89. The van der Waals surface area contributed by atoms with E-state index in [9.17, 15) is 13.6 Å². The summed E-state index contributed by atoms with van der Waals surface area (Å²) in [6.07, 6.45) is 1.19. The highest BCUT2D eigenvalue weighted by Gasteiger charge is 2.43. The Morgan fingerprint density at radius 1 is 1.09 bits per heavy atom. The molecular formula is C26H25F2N3O2. The van der Waals surface area contributed by atoms with E-state index in [0.29, 0.717) is 6.42 Å². The first kappa shape index (κ1) is 21.4. The number of carbonyl (C=O) groups is 1. The lowest BCUT2D eigenvalue weighted by molar-refractivity contribution is -0.118. The molecule has 3 aromatic rings. The first-order chi connectivity index (χ1) is 15.7. The standard InChI is InChI=1S/C26H25F2N3O2/c1-15-21-22(16-9-11-18(12-10-16)33-25(27)28)23-19(13-26(2,3)14-20(23)32)29-24(21)31(30-15)17-7-5-4-6-8-17/h4-12,22,25,29H,13-14H2,1-3H3/t22-/m0/s1. The third-order valence-corrected chi connectivity index (χ3v) is 6.31. The predicted octanol–water partition coefficient (Wildman–Crippen LogP) is 5.98. The molecule has 0 bridgehead atoms. The molecule has 1 aliphatic heterocycles. The number of rotatable bonds is 4. The maximum atomic E-state index is 13.4. The van der Waals surface area contributed by atoms with Crippen molar-refractivity contribution in [3.8, 4) is 11.4 Å². The maximum Gasteiger partial charge on any atom is 0.387 e. The highest BCUT2D eigenvalue weighted by molar-refractivity contribution is 6.01. The molecule has 0 amide bonds. The van der Waals surface area contributed by atoms with E-state index in [2.05, 4.69) is 23.9 Å². The van der Waals surface area contributed by atoms with Gasteiger partial charge in [0.2, 0.25) is 0 Å². The number of alkyl halides is 2. The van der Waals surface area contributed by atoms with E-state index in [4.69, 9.17) is 5.10 Å². The van der Waals surface area contributed by atoms with E-state index in [0.717, 1.165) is 46.0 Å². The minimum absolute atomic E-state index is 0.0879. The van der Waals surface area contributed by atoms with Gasteiger partial charge in [-0.1, -0.05) is 44.2 Å². The monoisotopic (exact) mass is 449 g/mol. The lowest BCUT2D eigenvalue weighted by Gasteiger charge is -2.38. The van der Waals surface area contributed by atoms with Crippen LogP contribution in [0.4, 0.5) is 14.6 Å². The van der Waals surface area contributed by atoms with Crippen molar-refractivity contribution < 1.29 is 18.3 Å². The van der Waals surface area contributed by atoms with Crippen molar-refractivity contribution in [1.29, 1.82) is 0 Å². The fourth-order valence-corrected chi connectivity index (χ4v) is 5.00. The number of Topliss-reactive ketones (excluding diaryl/α,β-unsaturated/α-hetero) is 1. The van der Waals surface area contributed by atoms with Gasteiger partial charge in [0.15, 0.2) is 5.78 Å². The first-order valence-electron chi connectivity index (χ1n) is 11.0. The van der Waals surface area contributed by atoms with E-state index in [1.54, 1.807) is 12.1 Å². The molecule has 0 saturated heterocycles. The van der Waals surface area contributed by atoms with Gasteiger partial charge in [0.05, 0.1) is 11.4 Å². The zero-order valence-electron chi connectivity index (χ0n) is 18.7. The van der Waals surface area contributed by atoms with Crippen LogP contribution < -0.4 is 10.1 Å². The van der Waals surface area contributed by atoms with Crippen molar-refractivity contribution in [2.45, 2.75) is 46.1 Å². The summed E-state index contributed by atoms with van der Waals surface area (Å²) in [4.78, 5) is 13.4. The van der Waals surface area contributed by atoms with Crippen LogP contribution in [0.25, 0.3) is 5.69 Å². The molecule has 0 radical (unpaired) electrons. The quantitative estimate of drug-likeness (QED) is 0.532. The predicted molar refractivity (Wildman–Crippen MR) is 122 cm³/mol. The minimum Gasteiger partial charge on any atom is -0.435 e. The summed E-state index contributed by atoms with van der Waals surface area (Å²) >= 11 is 0. The zero-order chi connectivity index (χ0) is 23.3. The smallest absolute Gasteiger partial charge is 0.387 e. The van der Waals surface area contributed by atoms with Crippen LogP contribution in [0.2, 0.25) is 0 Å². The normalized spacial score (nSPS) is 19.2. The van der Waals surface area contributed by atoms with Gasteiger partial charge < -0.3 is 10.1 Å². The number of ether oxygens (including phenoxy) is 1. The molecule has 170 valence electrons. The number of nitrogens with zero attached hydrogens (tertiary/aromatic N) is 2. The van der Waals surface area contributed by atoms with Gasteiger partial charge in [-0.2, -0.15) is 13.9 Å². The number of nitrogens with one attached hydrogen (secondary N) is 1. The Hall–Kier alpha value is -3.48. The fourth-order valence-electron chi connectivity index (χ4n) is 5.00. The number of allylic oxidation sites excluding steroid dienone is 2. The summed E-state index contributed by atoms with van der Waals surface area (Å²) in [7, 11) is 0. The lowest BCUT2D eigenvalue weighted by Crippen LogP contribution is -2.34.